The van der Waals surface area contributed by atoms with Crippen LogP contribution < -0.4 is 16.0 Å². The van der Waals surface area contributed by atoms with Crippen LogP contribution >= 0.6 is 15.9 Å². The highest BCUT2D eigenvalue weighted by atomic mass is 79.9. The fourth-order valence-corrected chi connectivity index (χ4v) is 3.02. The van der Waals surface area contributed by atoms with Gasteiger partial charge in [-0.05, 0) is 32.0 Å². The summed E-state index contributed by atoms with van der Waals surface area (Å²) >= 11 is 3.36. The number of benzene rings is 1. The summed E-state index contributed by atoms with van der Waals surface area (Å²) in [7, 11) is 0. The van der Waals surface area contributed by atoms with E-state index in [1.807, 2.05) is 19.9 Å². The molecule has 3 N–H and O–H groups in total. The first-order chi connectivity index (χ1) is 11.4. The van der Waals surface area contributed by atoms with Crippen molar-refractivity contribution in [2.75, 3.05) is 5.32 Å². The Morgan fingerprint density at radius 3 is 2.92 bits per heavy atom. The summed E-state index contributed by atoms with van der Waals surface area (Å²) in [5.74, 6) is 0.223. The van der Waals surface area contributed by atoms with Crippen LogP contribution in [0.3, 0.4) is 0 Å². The summed E-state index contributed by atoms with van der Waals surface area (Å²) < 4.78 is 2.41. The van der Waals surface area contributed by atoms with E-state index in [4.69, 9.17) is 0 Å². The molecule has 126 valence electrons. The van der Waals surface area contributed by atoms with Gasteiger partial charge < -0.3 is 10.6 Å². The molecule has 0 spiro atoms. The van der Waals surface area contributed by atoms with Crippen LogP contribution in [0.1, 0.15) is 35.7 Å². The number of nitrogens with one attached hydrogen (secondary N) is 3. The summed E-state index contributed by atoms with van der Waals surface area (Å²) in [6, 6.07) is 8.92. The second kappa shape index (κ2) is 6.74. The van der Waals surface area contributed by atoms with Crippen molar-refractivity contribution in [3.8, 4) is 0 Å². The Morgan fingerprint density at radius 1 is 1.42 bits per heavy atom. The van der Waals surface area contributed by atoms with Crippen LogP contribution in [0.25, 0.3) is 0 Å². The highest BCUT2D eigenvalue weighted by Gasteiger charge is 2.26. The molecule has 8 heteroatoms. The van der Waals surface area contributed by atoms with Crippen LogP contribution in [-0.4, -0.2) is 27.6 Å². The maximum Gasteiger partial charge on any atom is 0.256 e. The van der Waals surface area contributed by atoms with Gasteiger partial charge in [0.15, 0.2) is 6.29 Å². The van der Waals surface area contributed by atoms with Gasteiger partial charge in [-0.15, -0.1) is 0 Å². The second-order valence-electron chi connectivity index (χ2n) is 5.82. The predicted molar refractivity (Wildman–Crippen MR) is 93.5 cm³/mol. The molecular formula is C16H18BrN5O2. The average Bonchev–Trinajstić information content (AvgIpc) is 2.87. The van der Waals surface area contributed by atoms with Crippen molar-refractivity contribution < 1.29 is 9.59 Å². The van der Waals surface area contributed by atoms with Gasteiger partial charge in [0.2, 0.25) is 5.91 Å². The lowest BCUT2D eigenvalue weighted by atomic mass is 10.2. The van der Waals surface area contributed by atoms with Gasteiger partial charge in [0, 0.05) is 28.6 Å². The first-order valence-electron chi connectivity index (χ1n) is 7.61. The summed E-state index contributed by atoms with van der Waals surface area (Å²) in [6.45, 7) is 3.77. The number of amides is 2. The van der Waals surface area contributed by atoms with Crippen LogP contribution in [0.4, 0.5) is 5.82 Å². The number of hydrogen-bond donors (Lipinski definition) is 3. The van der Waals surface area contributed by atoms with Crippen molar-refractivity contribution in [3.05, 3.63) is 46.1 Å². The second-order valence-corrected chi connectivity index (χ2v) is 6.74. The number of carbonyl (C=O) groups is 2. The normalized spacial score (nSPS) is 20.5. The van der Waals surface area contributed by atoms with E-state index < -0.39 is 6.29 Å². The molecule has 0 radical (unpaired) electrons. The van der Waals surface area contributed by atoms with E-state index in [1.165, 1.54) is 0 Å². The largest absolute Gasteiger partial charge is 0.322 e. The molecule has 1 saturated heterocycles. The lowest BCUT2D eigenvalue weighted by Gasteiger charge is -2.30. The third-order valence-electron chi connectivity index (χ3n) is 3.66. The Hall–Kier alpha value is -2.19. The molecule has 2 heterocycles. The summed E-state index contributed by atoms with van der Waals surface area (Å²) in [5.41, 5.74) is 1.28. The van der Waals surface area contributed by atoms with Crippen LogP contribution in [-0.2, 0) is 4.79 Å². The van der Waals surface area contributed by atoms with Gasteiger partial charge in [0.25, 0.3) is 5.91 Å². The molecular weight excluding hydrogens is 374 g/mol. The molecule has 1 fully saturated rings. The fourth-order valence-electron chi connectivity index (χ4n) is 2.62. The Labute approximate surface area is 147 Å². The molecule has 0 saturated carbocycles. The van der Waals surface area contributed by atoms with Gasteiger partial charge in [-0.25, -0.2) is 4.68 Å². The molecule has 2 aromatic rings. The van der Waals surface area contributed by atoms with Crippen LogP contribution in [0.5, 0.6) is 0 Å². The fraction of sp³-hybridized carbons (Fsp3) is 0.312. The summed E-state index contributed by atoms with van der Waals surface area (Å²) in [6.07, 6.45) is -0.0796. The zero-order chi connectivity index (χ0) is 17.3. The molecule has 2 atom stereocenters. The minimum absolute atomic E-state index is 0.0295. The molecule has 24 heavy (non-hydrogen) atoms. The van der Waals surface area contributed by atoms with E-state index >= 15 is 0 Å². The molecule has 7 nitrogen and oxygen atoms in total. The van der Waals surface area contributed by atoms with E-state index in [-0.39, 0.29) is 17.9 Å². The van der Waals surface area contributed by atoms with E-state index in [9.17, 15) is 9.59 Å². The van der Waals surface area contributed by atoms with Crippen LogP contribution in [0, 0.1) is 6.92 Å². The number of aryl methyl sites for hydroxylation is 1. The van der Waals surface area contributed by atoms with Crippen molar-refractivity contribution >= 4 is 33.6 Å². The standard InChI is InChI=1S/C16H18BrN5O2/c1-9-7-14(23)20-16(18-9)22-13(6-10(2)21-22)19-15(24)11-4-3-5-12(17)8-11/h3-6,8-9,16,18H,7H2,1-2H3,(H,19,24)(H,20,23). The monoisotopic (exact) mass is 391 g/mol. The minimum atomic E-state index is -0.493. The summed E-state index contributed by atoms with van der Waals surface area (Å²) in [5, 5.41) is 13.3. The van der Waals surface area contributed by atoms with E-state index in [0.717, 1.165) is 10.2 Å². The zero-order valence-electron chi connectivity index (χ0n) is 13.3. The van der Waals surface area contributed by atoms with E-state index in [1.54, 1.807) is 28.9 Å². The Bertz CT molecular complexity index is 789. The van der Waals surface area contributed by atoms with Gasteiger partial charge in [0.05, 0.1) is 5.69 Å². The SMILES string of the molecule is Cc1cc(NC(=O)c2cccc(Br)c2)n(C2NC(=O)CC(C)N2)n1. The van der Waals surface area contributed by atoms with Crippen LogP contribution in [0.2, 0.25) is 0 Å². The quantitative estimate of drug-likeness (QED) is 0.747. The number of anilines is 1. The number of halogens is 1. The third-order valence-corrected chi connectivity index (χ3v) is 4.16. The molecule has 1 aliphatic rings. The van der Waals surface area contributed by atoms with Crippen molar-refractivity contribution in [2.24, 2.45) is 0 Å². The molecule has 2 unspecified atom stereocenters. The lowest BCUT2D eigenvalue weighted by molar-refractivity contribution is -0.125. The number of nitrogens with zero attached hydrogens (tertiary/aromatic N) is 2. The number of aromatic nitrogens is 2. The molecule has 2 amide bonds. The first-order valence-corrected chi connectivity index (χ1v) is 8.40. The van der Waals surface area contributed by atoms with Crippen molar-refractivity contribution in [2.45, 2.75) is 32.6 Å². The minimum Gasteiger partial charge on any atom is -0.322 e. The number of rotatable bonds is 3. The number of hydrogen-bond acceptors (Lipinski definition) is 4. The Balaban J connectivity index is 1.84. The number of carbonyl (C=O) groups excluding carboxylic acids is 2. The highest BCUT2D eigenvalue weighted by molar-refractivity contribution is 9.10. The van der Waals surface area contributed by atoms with Crippen molar-refractivity contribution in [1.29, 1.82) is 0 Å². The van der Waals surface area contributed by atoms with Gasteiger partial charge in [-0.3, -0.25) is 14.9 Å². The van der Waals surface area contributed by atoms with Gasteiger partial charge in [-0.2, -0.15) is 5.10 Å². The van der Waals surface area contributed by atoms with E-state index in [0.29, 0.717) is 17.8 Å². The Morgan fingerprint density at radius 2 is 2.21 bits per heavy atom. The van der Waals surface area contributed by atoms with Crippen LogP contribution in [0.15, 0.2) is 34.8 Å². The smallest absolute Gasteiger partial charge is 0.256 e. The van der Waals surface area contributed by atoms with Crippen molar-refractivity contribution in [1.82, 2.24) is 20.4 Å². The summed E-state index contributed by atoms with van der Waals surface area (Å²) in [4.78, 5) is 24.2. The molecule has 1 aromatic carbocycles. The zero-order valence-corrected chi connectivity index (χ0v) is 14.9. The van der Waals surface area contributed by atoms with E-state index in [2.05, 4.69) is 37.0 Å². The first kappa shape index (κ1) is 16.7. The lowest BCUT2D eigenvalue weighted by Crippen LogP contribution is -2.52. The molecule has 0 aliphatic carbocycles. The maximum absolute atomic E-state index is 12.5. The third kappa shape index (κ3) is 3.65. The molecule has 1 aliphatic heterocycles. The average molecular weight is 392 g/mol. The Kier molecular flexibility index (Phi) is 4.68. The van der Waals surface area contributed by atoms with Crippen molar-refractivity contribution in [3.63, 3.8) is 0 Å². The molecule has 0 bridgehead atoms. The highest BCUT2D eigenvalue weighted by Crippen LogP contribution is 2.19. The maximum atomic E-state index is 12.5. The molecule has 3 rings (SSSR count). The van der Waals surface area contributed by atoms with Gasteiger partial charge in [0.1, 0.15) is 5.82 Å². The van der Waals surface area contributed by atoms with Gasteiger partial charge >= 0.3 is 0 Å². The topological polar surface area (TPSA) is 88.0 Å². The molecule has 1 aromatic heterocycles. The predicted octanol–water partition coefficient (Wildman–Crippen LogP) is 2.16. The van der Waals surface area contributed by atoms with Gasteiger partial charge in [-0.1, -0.05) is 22.0 Å².